The fraction of sp³-hybridized carbons (Fsp3) is 0.364. The molecule has 0 unspecified atom stereocenters. The fourth-order valence-electron chi connectivity index (χ4n) is 3.33. The van der Waals surface area contributed by atoms with Crippen LogP contribution >= 0.6 is 0 Å². The van der Waals surface area contributed by atoms with Crippen LogP contribution in [0.15, 0.2) is 54.6 Å². The van der Waals surface area contributed by atoms with Crippen molar-refractivity contribution in [3.63, 3.8) is 0 Å². The maximum Gasteiger partial charge on any atom is 0.573 e. The Morgan fingerprint density at radius 3 is 2.42 bits per heavy atom. The quantitative estimate of drug-likeness (QED) is 0.720. The molecular formula is C22H23F3N2O4. The van der Waals surface area contributed by atoms with Crippen LogP contribution in [0, 0.1) is 0 Å². The fourth-order valence-corrected chi connectivity index (χ4v) is 3.33. The molecule has 1 N–H and O–H groups in total. The molecule has 2 aromatic rings. The van der Waals surface area contributed by atoms with Gasteiger partial charge in [0.05, 0.1) is 0 Å². The number of rotatable bonds is 7. The number of nitrogens with zero attached hydrogens (tertiary/aromatic N) is 1. The minimum atomic E-state index is -4.78. The molecule has 31 heavy (non-hydrogen) atoms. The van der Waals surface area contributed by atoms with Crippen LogP contribution in [-0.2, 0) is 16.1 Å². The van der Waals surface area contributed by atoms with E-state index >= 15 is 0 Å². The van der Waals surface area contributed by atoms with Crippen LogP contribution in [0.3, 0.4) is 0 Å². The summed E-state index contributed by atoms with van der Waals surface area (Å²) in [5.74, 6) is -0.465. The second-order valence-corrected chi connectivity index (χ2v) is 7.12. The Labute approximate surface area is 177 Å². The molecule has 166 valence electrons. The number of carbonyl (C=O) groups is 2. The molecule has 0 spiro atoms. The normalized spacial score (nSPS) is 16.7. The number of para-hydroxylation sites is 1. The van der Waals surface area contributed by atoms with Gasteiger partial charge in [0.25, 0.3) is 5.91 Å². The van der Waals surface area contributed by atoms with E-state index in [1.807, 2.05) is 6.07 Å². The summed E-state index contributed by atoms with van der Waals surface area (Å²) < 4.78 is 46.6. The van der Waals surface area contributed by atoms with Crippen molar-refractivity contribution in [1.82, 2.24) is 10.2 Å². The van der Waals surface area contributed by atoms with Gasteiger partial charge in [0.15, 0.2) is 6.61 Å². The lowest BCUT2D eigenvalue weighted by Gasteiger charge is -2.30. The van der Waals surface area contributed by atoms with Gasteiger partial charge >= 0.3 is 6.36 Å². The van der Waals surface area contributed by atoms with Gasteiger partial charge < -0.3 is 19.7 Å². The van der Waals surface area contributed by atoms with Gasteiger partial charge in [0.1, 0.15) is 17.5 Å². The number of alkyl halides is 3. The van der Waals surface area contributed by atoms with E-state index in [2.05, 4.69) is 10.1 Å². The minimum absolute atomic E-state index is 0.0569. The molecule has 0 aliphatic carbocycles. The standard InChI is InChI=1S/C22H23F3N2O4/c23-22(24,25)31-18-11-9-16(10-12-18)14-27(19-8-4-5-13-26-21(19)29)20(28)15-30-17-6-2-1-3-7-17/h1-3,6-7,9-12,19H,4-5,8,13-15H2,(H,26,29)/t19-/m0/s1. The molecule has 3 rings (SSSR count). The average molecular weight is 436 g/mol. The topological polar surface area (TPSA) is 67.9 Å². The third-order valence-electron chi connectivity index (χ3n) is 4.82. The van der Waals surface area contributed by atoms with E-state index in [0.717, 1.165) is 12.8 Å². The molecule has 1 fully saturated rings. The first-order valence-corrected chi connectivity index (χ1v) is 9.91. The van der Waals surface area contributed by atoms with E-state index in [9.17, 15) is 22.8 Å². The van der Waals surface area contributed by atoms with E-state index in [1.165, 1.54) is 29.2 Å². The lowest BCUT2D eigenvalue weighted by atomic mass is 10.1. The Morgan fingerprint density at radius 2 is 1.74 bits per heavy atom. The summed E-state index contributed by atoms with van der Waals surface area (Å²) >= 11 is 0. The number of carbonyl (C=O) groups excluding carboxylic acids is 2. The largest absolute Gasteiger partial charge is 0.573 e. The van der Waals surface area contributed by atoms with Crippen molar-refractivity contribution in [1.29, 1.82) is 0 Å². The Kier molecular flexibility index (Phi) is 7.38. The van der Waals surface area contributed by atoms with Crippen LogP contribution in [0.5, 0.6) is 11.5 Å². The van der Waals surface area contributed by atoms with Crippen molar-refractivity contribution in [2.45, 2.75) is 38.2 Å². The number of hydrogen-bond donors (Lipinski definition) is 1. The van der Waals surface area contributed by atoms with Crippen molar-refractivity contribution < 1.29 is 32.2 Å². The lowest BCUT2D eigenvalue weighted by molar-refractivity contribution is -0.274. The second-order valence-electron chi connectivity index (χ2n) is 7.12. The predicted molar refractivity (Wildman–Crippen MR) is 106 cm³/mol. The first-order chi connectivity index (χ1) is 14.8. The lowest BCUT2D eigenvalue weighted by Crippen LogP contribution is -2.49. The summed E-state index contributed by atoms with van der Waals surface area (Å²) in [7, 11) is 0. The average Bonchev–Trinajstić information content (AvgIpc) is 2.95. The van der Waals surface area contributed by atoms with Crippen LogP contribution in [-0.4, -0.2) is 42.3 Å². The molecule has 1 heterocycles. The van der Waals surface area contributed by atoms with Gasteiger partial charge in [0.2, 0.25) is 5.91 Å². The third kappa shape index (κ3) is 6.91. The summed E-state index contributed by atoms with van der Waals surface area (Å²) in [6, 6.07) is 13.4. The van der Waals surface area contributed by atoms with Crippen LogP contribution < -0.4 is 14.8 Å². The van der Waals surface area contributed by atoms with Crippen molar-refractivity contribution in [2.75, 3.05) is 13.2 Å². The number of hydrogen-bond acceptors (Lipinski definition) is 4. The van der Waals surface area contributed by atoms with Crippen molar-refractivity contribution in [2.24, 2.45) is 0 Å². The molecule has 6 nitrogen and oxygen atoms in total. The van der Waals surface area contributed by atoms with Crippen LogP contribution in [0.2, 0.25) is 0 Å². The van der Waals surface area contributed by atoms with Crippen molar-refractivity contribution >= 4 is 11.8 Å². The highest BCUT2D eigenvalue weighted by molar-refractivity contribution is 5.88. The van der Waals surface area contributed by atoms with Gasteiger partial charge in [-0.3, -0.25) is 9.59 Å². The van der Waals surface area contributed by atoms with Gasteiger partial charge in [-0.25, -0.2) is 0 Å². The number of benzene rings is 2. The molecule has 9 heteroatoms. The molecular weight excluding hydrogens is 413 g/mol. The van der Waals surface area contributed by atoms with Crippen LogP contribution in [0.25, 0.3) is 0 Å². The highest BCUT2D eigenvalue weighted by atomic mass is 19.4. The molecule has 1 atom stereocenters. The molecule has 0 radical (unpaired) electrons. The Balaban J connectivity index is 1.74. The van der Waals surface area contributed by atoms with E-state index in [0.29, 0.717) is 24.3 Å². The zero-order valence-corrected chi connectivity index (χ0v) is 16.7. The smallest absolute Gasteiger partial charge is 0.484 e. The second kappa shape index (κ2) is 10.2. The minimum Gasteiger partial charge on any atom is -0.484 e. The van der Waals surface area contributed by atoms with Gasteiger partial charge in [-0.05, 0) is 49.1 Å². The summed E-state index contributed by atoms with van der Waals surface area (Å²) in [5.41, 5.74) is 0.569. The van der Waals surface area contributed by atoms with Crippen molar-refractivity contribution in [3.8, 4) is 11.5 Å². The molecule has 0 aromatic heterocycles. The predicted octanol–water partition coefficient (Wildman–Crippen LogP) is 3.66. The number of halogens is 3. The monoisotopic (exact) mass is 436 g/mol. The third-order valence-corrected chi connectivity index (χ3v) is 4.82. The Hall–Kier alpha value is -3.23. The molecule has 0 bridgehead atoms. The molecule has 1 aliphatic rings. The molecule has 2 amide bonds. The highest BCUT2D eigenvalue weighted by Crippen LogP contribution is 2.24. The van der Waals surface area contributed by atoms with E-state index in [1.54, 1.807) is 24.3 Å². The molecule has 2 aromatic carbocycles. The number of ether oxygens (including phenoxy) is 2. The summed E-state index contributed by atoms with van der Waals surface area (Å²) in [6.07, 6.45) is -2.70. The molecule has 1 saturated heterocycles. The molecule has 1 aliphatic heterocycles. The van der Waals surface area contributed by atoms with Gasteiger partial charge in [-0.15, -0.1) is 13.2 Å². The zero-order valence-electron chi connectivity index (χ0n) is 16.7. The van der Waals surface area contributed by atoms with Crippen LogP contribution in [0.4, 0.5) is 13.2 Å². The highest BCUT2D eigenvalue weighted by Gasteiger charge is 2.32. The Morgan fingerprint density at radius 1 is 1.03 bits per heavy atom. The van der Waals surface area contributed by atoms with Crippen LogP contribution in [0.1, 0.15) is 24.8 Å². The number of amides is 2. The van der Waals surface area contributed by atoms with E-state index < -0.39 is 12.4 Å². The first kappa shape index (κ1) is 22.5. The van der Waals surface area contributed by atoms with E-state index in [4.69, 9.17) is 4.74 Å². The summed E-state index contributed by atoms with van der Waals surface area (Å²) in [5, 5.41) is 2.81. The van der Waals surface area contributed by atoms with Gasteiger partial charge in [-0.2, -0.15) is 0 Å². The Bertz CT molecular complexity index is 873. The van der Waals surface area contributed by atoms with Gasteiger partial charge in [0, 0.05) is 13.1 Å². The zero-order chi connectivity index (χ0) is 22.3. The first-order valence-electron chi connectivity index (χ1n) is 9.91. The molecule has 0 saturated carbocycles. The summed E-state index contributed by atoms with van der Waals surface area (Å²) in [6.45, 7) is 0.339. The van der Waals surface area contributed by atoms with Gasteiger partial charge in [-0.1, -0.05) is 30.3 Å². The van der Waals surface area contributed by atoms with E-state index in [-0.39, 0.29) is 30.7 Å². The SMILES string of the molecule is O=C1NCCCC[C@@H]1N(Cc1ccc(OC(F)(F)F)cc1)C(=O)COc1ccccc1. The van der Waals surface area contributed by atoms with Crippen molar-refractivity contribution in [3.05, 3.63) is 60.2 Å². The maximum absolute atomic E-state index is 13.0. The number of nitrogens with one attached hydrogen (secondary N) is 1. The summed E-state index contributed by atoms with van der Waals surface area (Å²) in [4.78, 5) is 26.9. The maximum atomic E-state index is 13.0.